The van der Waals surface area contributed by atoms with Crippen LogP contribution in [0, 0.1) is 16.0 Å². The molecule has 0 N–H and O–H groups in total. The summed E-state index contributed by atoms with van der Waals surface area (Å²) in [5, 5.41) is 10.8. The molecule has 1 saturated carbocycles. The fourth-order valence-electron chi connectivity index (χ4n) is 4.95. The first-order valence-corrected chi connectivity index (χ1v) is 10.8. The maximum atomic E-state index is 12.4. The second kappa shape index (κ2) is 8.46. The van der Waals surface area contributed by atoms with Gasteiger partial charge in [0.15, 0.2) is 0 Å². The van der Waals surface area contributed by atoms with Crippen LogP contribution >= 0.6 is 0 Å². The number of allylic oxidation sites excluding steroid dienone is 1. The Morgan fingerprint density at radius 2 is 2.00 bits per heavy atom. The molecule has 6 atom stereocenters. The van der Waals surface area contributed by atoms with E-state index >= 15 is 0 Å². The van der Waals surface area contributed by atoms with Crippen molar-refractivity contribution in [3.8, 4) is 5.75 Å². The van der Waals surface area contributed by atoms with E-state index in [1.165, 1.54) is 29.8 Å². The number of benzene rings is 1. The Morgan fingerprint density at radius 3 is 2.56 bits per heavy atom. The topological polar surface area (TPSA) is 113 Å². The van der Waals surface area contributed by atoms with Gasteiger partial charge in [0.25, 0.3) is 5.69 Å². The number of rotatable bonds is 7. The molecule has 1 unspecified atom stereocenters. The van der Waals surface area contributed by atoms with Gasteiger partial charge in [0.05, 0.1) is 23.6 Å². The number of hydrogen-bond acceptors (Lipinski definition) is 8. The smallest absolute Gasteiger partial charge is 0.428 e. The predicted octanol–water partition coefficient (Wildman–Crippen LogP) is 4.19. The Hall–Kier alpha value is -2.49. The largest absolute Gasteiger partial charge is 0.514 e. The quantitative estimate of drug-likeness (QED) is 0.153. The standard InChI is InChI=1S/C23H29NO8/c1-14(2)5-10-18-22(3,32-18)20-19(28-4)17(11-12-23(20)13-29-23)31-21(25)30-16-8-6-15(7-9-16)24(26)27/h5-9,17-20H,10-13H2,1-4H3/t17-,18-,19?,20-,22+,23+/m1/s1. The van der Waals surface area contributed by atoms with Crippen LogP contribution in [0.3, 0.4) is 0 Å². The number of epoxide rings is 2. The lowest BCUT2D eigenvalue weighted by molar-refractivity contribution is -0.384. The Morgan fingerprint density at radius 1 is 1.31 bits per heavy atom. The predicted molar refractivity (Wildman–Crippen MR) is 114 cm³/mol. The zero-order valence-corrected chi connectivity index (χ0v) is 18.7. The molecular formula is C23H29NO8. The highest BCUT2D eigenvalue weighted by Crippen LogP contribution is 2.59. The fourth-order valence-corrected chi connectivity index (χ4v) is 4.95. The Labute approximate surface area is 186 Å². The van der Waals surface area contributed by atoms with Crippen molar-refractivity contribution in [2.75, 3.05) is 13.7 Å². The Bertz CT molecular complexity index is 905. The molecule has 3 fully saturated rings. The molecule has 3 aliphatic rings. The number of nitro groups is 1. The van der Waals surface area contributed by atoms with Crippen LogP contribution in [-0.2, 0) is 18.9 Å². The van der Waals surface area contributed by atoms with E-state index in [4.69, 9.17) is 23.7 Å². The molecule has 1 aromatic rings. The zero-order chi connectivity index (χ0) is 23.1. The van der Waals surface area contributed by atoms with Crippen LogP contribution in [0.25, 0.3) is 0 Å². The van der Waals surface area contributed by atoms with Crippen molar-refractivity contribution in [1.82, 2.24) is 0 Å². The molecule has 0 bridgehead atoms. The molecule has 174 valence electrons. The first kappa shape index (κ1) is 22.7. The monoisotopic (exact) mass is 447 g/mol. The van der Waals surface area contributed by atoms with Crippen LogP contribution in [0.15, 0.2) is 35.9 Å². The van der Waals surface area contributed by atoms with Gasteiger partial charge < -0.3 is 23.7 Å². The number of nitro benzene ring substituents is 1. The highest BCUT2D eigenvalue weighted by molar-refractivity contribution is 5.64. The minimum atomic E-state index is -0.875. The summed E-state index contributed by atoms with van der Waals surface area (Å²) >= 11 is 0. The minimum Gasteiger partial charge on any atom is -0.428 e. The number of ether oxygens (including phenoxy) is 5. The molecule has 9 heteroatoms. The number of non-ortho nitro benzene ring substituents is 1. The molecule has 2 aliphatic heterocycles. The van der Waals surface area contributed by atoms with E-state index in [1.54, 1.807) is 7.11 Å². The minimum absolute atomic E-state index is 0.0620. The Balaban J connectivity index is 1.44. The molecule has 2 heterocycles. The first-order valence-electron chi connectivity index (χ1n) is 10.8. The first-order chi connectivity index (χ1) is 15.2. The molecule has 0 radical (unpaired) electrons. The highest BCUT2D eigenvalue weighted by Gasteiger charge is 2.72. The van der Waals surface area contributed by atoms with Crippen molar-refractivity contribution in [3.05, 3.63) is 46.0 Å². The van der Waals surface area contributed by atoms with E-state index in [-0.39, 0.29) is 29.1 Å². The van der Waals surface area contributed by atoms with Gasteiger partial charge in [-0.3, -0.25) is 10.1 Å². The van der Waals surface area contributed by atoms with Crippen molar-refractivity contribution in [2.45, 2.75) is 69.5 Å². The van der Waals surface area contributed by atoms with E-state index < -0.39 is 28.9 Å². The molecule has 1 aromatic carbocycles. The fraction of sp³-hybridized carbons (Fsp3) is 0.609. The van der Waals surface area contributed by atoms with Gasteiger partial charge in [-0.25, -0.2) is 4.79 Å². The lowest BCUT2D eigenvalue weighted by Gasteiger charge is -2.42. The summed E-state index contributed by atoms with van der Waals surface area (Å²) in [6.45, 7) is 6.84. The average Bonchev–Trinajstić information content (AvgIpc) is 3.65. The van der Waals surface area contributed by atoms with Gasteiger partial charge in [0, 0.05) is 19.2 Å². The molecule has 1 spiro atoms. The van der Waals surface area contributed by atoms with Crippen LogP contribution in [0.5, 0.6) is 5.75 Å². The van der Waals surface area contributed by atoms with Crippen molar-refractivity contribution < 1.29 is 33.4 Å². The molecule has 32 heavy (non-hydrogen) atoms. The molecule has 9 nitrogen and oxygen atoms in total. The summed E-state index contributed by atoms with van der Waals surface area (Å²) in [6, 6.07) is 5.25. The van der Waals surface area contributed by atoms with Crippen LogP contribution < -0.4 is 4.74 Å². The van der Waals surface area contributed by atoms with Crippen LogP contribution in [0.1, 0.15) is 40.0 Å². The van der Waals surface area contributed by atoms with Gasteiger partial charge in [0.2, 0.25) is 0 Å². The molecule has 1 aliphatic carbocycles. The summed E-state index contributed by atoms with van der Waals surface area (Å²) in [6.07, 6.45) is 2.56. The van der Waals surface area contributed by atoms with E-state index in [9.17, 15) is 14.9 Å². The lowest BCUT2D eigenvalue weighted by atomic mass is 9.68. The summed E-state index contributed by atoms with van der Waals surface area (Å²) in [5.41, 5.74) is 0.419. The summed E-state index contributed by atoms with van der Waals surface area (Å²) in [4.78, 5) is 22.7. The third kappa shape index (κ3) is 4.37. The second-order valence-electron chi connectivity index (χ2n) is 9.14. The SMILES string of the molecule is COC1[C@H](OC(=O)Oc2ccc([N+](=O)[O-])cc2)CC[C@]2(CO2)[C@H]1[C@@]1(C)O[C@@H]1CC=C(C)C. The van der Waals surface area contributed by atoms with Crippen molar-refractivity contribution in [1.29, 1.82) is 0 Å². The van der Waals surface area contributed by atoms with Crippen LogP contribution in [0.4, 0.5) is 10.5 Å². The molecule has 0 amide bonds. The number of methoxy groups -OCH3 is 1. The number of nitrogens with zero attached hydrogens (tertiary/aromatic N) is 1. The molecule has 2 saturated heterocycles. The maximum Gasteiger partial charge on any atom is 0.514 e. The second-order valence-corrected chi connectivity index (χ2v) is 9.14. The van der Waals surface area contributed by atoms with Gasteiger partial charge >= 0.3 is 6.16 Å². The lowest BCUT2D eigenvalue weighted by Crippen LogP contribution is -2.55. The summed E-state index contributed by atoms with van der Waals surface area (Å²) in [5.74, 6) is 0.0877. The van der Waals surface area contributed by atoms with Crippen molar-refractivity contribution in [3.63, 3.8) is 0 Å². The average molecular weight is 447 g/mol. The van der Waals surface area contributed by atoms with Gasteiger partial charge in [-0.15, -0.1) is 0 Å². The van der Waals surface area contributed by atoms with Gasteiger partial charge in [-0.2, -0.15) is 0 Å². The summed E-state index contributed by atoms with van der Waals surface area (Å²) < 4.78 is 28.8. The summed E-state index contributed by atoms with van der Waals surface area (Å²) in [7, 11) is 1.61. The zero-order valence-electron chi connectivity index (χ0n) is 18.7. The van der Waals surface area contributed by atoms with E-state index in [1.807, 2.05) is 0 Å². The van der Waals surface area contributed by atoms with Gasteiger partial charge in [-0.05, 0) is 52.2 Å². The van der Waals surface area contributed by atoms with Crippen LogP contribution in [-0.4, -0.2) is 54.3 Å². The number of hydrogen-bond donors (Lipinski definition) is 0. The number of carbonyl (C=O) groups is 1. The Kier molecular flexibility index (Phi) is 6.00. The molecule has 4 rings (SSSR count). The highest BCUT2D eigenvalue weighted by atomic mass is 16.7. The molecular weight excluding hydrogens is 418 g/mol. The normalized spacial score (nSPS) is 35.1. The van der Waals surface area contributed by atoms with E-state index in [0.717, 1.165) is 12.8 Å². The van der Waals surface area contributed by atoms with Crippen LogP contribution in [0.2, 0.25) is 0 Å². The third-order valence-corrected chi connectivity index (χ3v) is 6.73. The maximum absolute atomic E-state index is 12.4. The third-order valence-electron chi connectivity index (χ3n) is 6.73. The van der Waals surface area contributed by atoms with Crippen molar-refractivity contribution in [2.24, 2.45) is 5.92 Å². The number of carbonyl (C=O) groups excluding carboxylic acids is 1. The van der Waals surface area contributed by atoms with E-state index in [2.05, 4.69) is 26.8 Å². The van der Waals surface area contributed by atoms with Crippen molar-refractivity contribution >= 4 is 11.8 Å². The van der Waals surface area contributed by atoms with Gasteiger partial charge in [0.1, 0.15) is 29.2 Å². The van der Waals surface area contributed by atoms with E-state index in [0.29, 0.717) is 13.0 Å². The molecule has 0 aromatic heterocycles. The van der Waals surface area contributed by atoms with Gasteiger partial charge in [-0.1, -0.05) is 11.6 Å².